The maximum absolute atomic E-state index is 14.7. The Hall–Kier alpha value is -2.87. The van der Waals surface area contributed by atoms with Gasteiger partial charge in [-0.25, -0.2) is 13.2 Å². The van der Waals surface area contributed by atoms with Gasteiger partial charge in [-0.05, 0) is 36.1 Å². The summed E-state index contributed by atoms with van der Waals surface area (Å²) in [5, 5.41) is 0.154. The molecule has 0 spiro atoms. The van der Waals surface area contributed by atoms with Crippen LogP contribution in [0, 0.1) is 11.7 Å². The Labute approximate surface area is 180 Å². The zero-order valence-corrected chi connectivity index (χ0v) is 17.2. The largest absolute Gasteiger partial charge is 0.364 e. The summed E-state index contributed by atoms with van der Waals surface area (Å²) in [4.78, 5) is 31.3. The number of halogens is 4. The van der Waals surface area contributed by atoms with Gasteiger partial charge in [0.1, 0.15) is 11.5 Å². The topological polar surface area (TPSA) is 88.8 Å². The van der Waals surface area contributed by atoms with E-state index in [1.165, 1.54) is 37.4 Å². The van der Waals surface area contributed by atoms with E-state index in [9.17, 15) is 22.8 Å². The number of H-pyrrole nitrogens is 1. The van der Waals surface area contributed by atoms with Crippen LogP contribution >= 0.6 is 11.6 Å². The number of aromatic amines is 1. The number of amides is 1. The van der Waals surface area contributed by atoms with Gasteiger partial charge in [-0.15, -0.1) is 0 Å². The van der Waals surface area contributed by atoms with E-state index in [-0.39, 0.29) is 33.7 Å². The van der Waals surface area contributed by atoms with E-state index in [1.807, 2.05) is 0 Å². The average Bonchev–Trinajstić information content (AvgIpc) is 2.69. The minimum absolute atomic E-state index is 0.00560. The van der Waals surface area contributed by atoms with Crippen molar-refractivity contribution >= 4 is 28.4 Å². The molecule has 162 valence electrons. The third-order valence-electron chi connectivity index (χ3n) is 6.06. The normalized spacial score (nSPS) is 23.1. The van der Waals surface area contributed by atoms with E-state index in [2.05, 4.69) is 9.97 Å². The molecule has 1 amide bonds. The summed E-state index contributed by atoms with van der Waals surface area (Å²) in [6, 6.07) is 6.58. The van der Waals surface area contributed by atoms with Crippen molar-refractivity contribution in [3.8, 4) is 0 Å². The van der Waals surface area contributed by atoms with Gasteiger partial charge >= 0.3 is 0 Å². The van der Waals surface area contributed by atoms with Gasteiger partial charge in [0.25, 0.3) is 11.8 Å². The van der Waals surface area contributed by atoms with Gasteiger partial charge in [0.15, 0.2) is 5.43 Å². The van der Waals surface area contributed by atoms with Crippen LogP contribution in [0.5, 0.6) is 0 Å². The van der Waals surface area contributed by atoms with Crippen LogP contribution in [-0.2, 0) is 0 Å². The van der Waals surface area contributed by atoms with Crippen LogP contribution in [0.2, 0.25) is 5.02 Å². The molecule has 9 heteroatoms. The van der Waals surface area contributed by atoms with Crippen molar-refractivity contribution in [1.29, 1.82) is 0 Å². The first-order valence-electron chi connectivity index (χ1n) is 9.73. The van der Waals surface area contributed by atoms with Crippen molar-refractivity contribution < 1.29 is 18.0 Å². The van der Waals surface area contributed by atoms with E-state index < -0.39 is 47.3 Å². The lowest BCUT2D eigenvalue weighted by Crippen LogP contribution is -2.38. The highest BCUT2D eigenvalue weighted by Gasteiger charge is 2.48. The van der Waals surface area contributed by atoms with Crippen LogP contribution in [0.3, 0.4) is 0 Å². The van der Waals surface area contributed by atoms with Crippen molar-refractivity contribution in [3.05, 3.63) is 74.5 Å². The molecular formula is C22H19ClF3N3O2. The molecule has 1 saturated carbocycles. The minimum Gasteiger partial charge on any atom is -0.364 e. The van der Waals surface area contributed by atoms with Crippen molar-refractivity contribution in [3.63, 3.8) is 0 Å². The fraction of sp³-hybridized carbons (Fsp3) is 0.318. The molecule has 1 aromatic carbocycles. The smallest absolute Gasteiger partial charge is 0.268 e. The molecule has 1 aliphatic carbocycles. The van der Waals surface area contributed by atoms with Crippen molar-refractivity contribution in [2.75, 3.05) is 0 Å². The number of primary amides is 1. The number of rotatable bonds is 3. The number of aromatic nitrogens is 2. The molecule has 0 saturated heterocycles. The molecule has 0 aliphatic heterocycles. The molecule has 1 fully saturated rings. The number of carbonyl (C=O) groups is 1. The maximum atomic E-state index is 14.7. The SMILES string of the molecule is C[C@H]1CC(c2ccc(F)cc2Cl)[C@H](c2cc(=O)c3c(C(N)=O)nccc3[nH]2)CC1(F)F. The van der Waals surface area contributed by atoms with Gasteiger partial charge in [0, 0.05) is 41.2 Å². The van der Waals surface area contributed by atoms with Crippen molar-refractivity contribution in [1.82, 2.24) is 9.97 Å². The van der Waals surface area contributed by atoms with Crippen molar-refractivity contribution in [2.24, 2.45) is 11.7 Å². The second kappa shape index (κ2) is 7.67. The van der Waals surface area contributed by atoms with Crippen LogP contribution in [-0.4, -0.2) is 21.8 Å². The molecule has 3 N–H and O–H groups in total. The lowest BCUT2D eigenvalue weighted by Gasteiger charge is -2.40. The number of benzene rings is 1. The number of hydrogen-bond donors (Lipinski definition) is 2. The fourth-order valence-electron chi connectivity index (χ4n) is 4.43. The predicted octanol–water partition coefficient (Wildman–Crippen LogP) is 4.75. The first kappa shape index (κ1) is 21.4. The lowest BCUT2D eigenvalue weighted by molar-refractivity contribution is -0.0905. The molecule has 1 unspecified atom stereocenters. The summed E-state index contributed by atoms with van der Waals surface area (Å²) < 4.78 is 43.0. The zero-order chi connectivity index (χ0) is 22.5. The summed E-state index contributed by atoms with van der Waals surface area (Å²) >= 11 is 6.26. The Morgan fingerprint density at radius 3 is 2.68 bits per heavy atom. The van der Waals surface area contributed by atoms with E-state index in [0.717, 1.165) is 6.07 Å². The third-order valence-corrected chi connectivity index (χ3v) is 6.39. The second-order valence-corrected chi connectivity index (χ2v) is 8.42. The minimum atomic E-state index is -2.96. The highest BCUT2D eigenvalue weighted by atomic mass is 35.5. The Morgan fingerprint density at radius 1 is 1.26 bits per heavy atom. The molecule has 3 atom stereocenters. The standard InChI is InChI=1S/C22H19ClF3N3O2/c1-10-6-13(12-3-2-11(24)7-15(12)23)14(9-22(10,25)26)17-8-18(30)19-16(29-17)4-5-28-20(19)21(27)31/h2-5,7-8,10,13-14H,6,9H2,1H3,(H2,27,31)(H,29,30)/t10-,13?,14+/m0/s1. The number of nitrogens with two attached hydrogens (primary N) is 1. The van der Waals surface area contributed by atoms with Gasteiger partial charge in [-0.2, -0.15) is 0 Å². The van der Waals surface area contributed by atoms with E-state index >= 15 is 0 Å². The lowest BCUT2D eigenvalue weighted by atomic mass is 9.68. The number of hydrogen-bond acceptors (Lipinski definition) is 3. The monoisotopic (exact) mass is 449 g/mol. The quantitative estimate of drug-likeness (QED) is 0.605. The van der Waals surface area contributed by atoms with Crippen molar-refractivity contribution in [2.45, 2.75) is 37.5 Å². The molecule has 1 aliphatic rings. The number of alkyl halides is 2. The number of nitrogens with zero attached hydrogens (tertiary/aromatic N) is 1. The molecule has 3 aromatic rings. The highest BCUT2D eigenvalue weighted by Crippen LogP contribution is 2.53. The number of carbonyl (C=O) groups excluding carboxylic acids is 1. The fourth-order valence-corrected chi connectivity index (χ4v) is 4.74. The summed E-state index contributed by atoms with van der Waals surface area (Å²) in [7, 11) is 0. The summed E-state index contributed by atoms with van der Waals surface area (Å²) in [5.41, 5.74) is 5.68. The van der Waals surface area contributed by atoms with E-state index in [0.29, 0.717) is 5.56 Å². The van der Waals surface area contributed by atoms with Gasteiger partial charge < -0.3 is 10.7 Å². The first-order chi connectivity index (χ1) is 14.6. The summed E-state index contributed by atoms with van der Waals surface area (Å²) in [5.74, 6) is -6.52. The maximum Gasteiger partial charge on any atom is 0.268 e. The molecule has 5 nitrogen and oxygen atoms in total. The van der Waals surface area contributed by atoms with Gasteiger partial charge in [-0.3, -0.25) is 14.6 Å². The Bertz CT molecular complexity index is 1240. The zero-order valence-electron chi connectivity index (χ0n) is 16.5. The number of nitrogens with one attached hydrogen (secondary N) is 1. The highest BCUT2D eigenvalue weighted by molar-refractivity contribution is 6.31. The van der Waals surface area contributed by atoms with Crippen LogP contribution in [0.1, 0.15) is 53.3 Å². The number of pyridine rings is 2. The second-order valence-electron chi connectivity index (χ2n) is 8.02. The third kappa shape index (κ3) is 3.80. The summed E-state index contributed by atoms with van der Waals surface area (Å²) in [6.45, 7) is 1.47. The average molecular weight is 450 g/mol. The molecule has 2 aromatic heterocycles. The predicted molar refractivity (Wildman–Crippen MR) is 111 cm³/mol. The van der Waals surface area contributed by atoms with Gasteiger partial charge in [0.2, 0.25) is 0 Å². The molecular weight excluding hydrogens is 431 g/mol. The van der Waals surface area contributed by atoms with E-state index in [1.54, 1.807) is 0 Å². The van der Waals surface area contributed by atoms with Crippen LogP contribution in [0.15, 0.2) is 41.3 Å². The molecule has 0 radical (unpaired) electrons. The Morgan fingerprint density at radius 2 is 2.00 bits per heavy atom. The summed E-state index contributed by atoms with van der Waals surface area (Å²) in [6.07, 6.45) is 0.904. The number of fused-ring (bicyclic) bond motifs is 1. The first-order valence-corrected chi connectivity index (χ1v) is 10.1. The van der Waals surface area contributed by atoms with Crippen LogP contribution in [0.4, 0.5) is 13.2 Å². The van der Waals surface area contributed by atoms with Gasteiger partial charge in [-0.1, -0.05) is 24.6 Å². The Balaban J connectivity index is 1.89. The van der Waals surface area contributed by atoms with Gasteiger partial charge in [0.05, 0.1) is 10.9 Å². The van der Waals surface area contributed by atoms with E-state index in [4.69, 9.17) is 17.3 Å². The molecule has 2 heterocycles. The molecule has 31 heavy (non-hydrogen) atoms. The molecule has 4 rings (SSSR count). The Kier molecular flexibility index (Phi) is 5.29. The van der Waals surface area contributed by atoms with Crippen LogP contribution in [0.25, 0.3) is 10.9 Å². The molecule has 0 bridgehead atoms. The van der Waals surface area contributed by atoms with Crippen LogP contribution < -0.4 is 11.2 Å².